The Labute approximate surface area is 159 Å². The smallest absolute Gasteiger partial charge is 0.255 e. The zero-order valence-electron chi connectivity index (χ0n) is 14.8. The molecule has 1 aliphatic carbocycles. The summed E-state index contributed by atoms with van der Waals surface area (Å²) in [5.41, 5.74) is 4.81. The van der Waals surface area contributed by atoms with Crippen molar-refractivity contribution in [1.82, 2.24) is 9.97 Å². The van der Waals surface area contributed by atoms with E-state index < -0.39 is 10.0 Å². The molecule has 0 radical (unpaired) electrons. The fourth-order valence-corrected chi connectivity index (χ4v) is 4.55. The number of benzene rings is 2. The summed E-state index contributed by atoms with van der Waals surface area (Å²) in [5.74, 6) is 0.223. The molecule has 138 valence electrons. The molecule has 0 saturated carbocycles. The van der Waals surface area contributed by atoms with Crippen molar-refractivity contribution in [3.63, 3.8) is 0 Å². The zero-order valence-corrected chi connectivity index (χ0v) is 15.6. The summed E-state index contributed by atoms with van der Waals surface area (Å²) in [6.07, 6.45) is 8.03. The van der Waals surface area contributed by atoms with Gasteiger partial charge in [0.25, 0.3) is 10.0 Å². The average molecular weight is 379 g/mol. The van der Waals surface area contributed by atoms with Gasteiger partial charge in [-0.1, -0.05) is 42.5 Å². The van der Waals surface area contributed by atoms with E-state index in [1.165, 1.54) is 5.41 Å². The first kappa shape index (κ1) is 17.5. The number of imidazole rings is 1. The summed E-state index contributed by atoms with van der Waals surface area (Å²) in [7, 11) is -3.59. The van der Waals surface area contributed by atoms with E-state index in [1.807, 2.05) is 48.7 Å². The van der Waals surface area contributed by atoms with Crippen LogP contribution in [-0.4, -0.2) is 18.4 Å². The summed E-state index contributed by atoms with van der Waals surface area (Å²) in [4.78, 5) is 7.32. The second-order valence-corrected chi connectivity index (χ2v) is 8.25. The van der Waals surface area contributed by atoms with E-state index in [-0.39, 0.29) is 5.92 Å². The number of nitrogens with one attached hydrogen (secondary N) is 2. The molecule has 2 N–H and O–H groups in total. The number of aromatic amines is 1. The third kappa shape index (κ3) is 3.95. The molecule has 0 aliphatic heterocycles. The SMILES string of the molecule is O=S(=O)(/C=C/c1ccccc1)Nc1cccc2c1CCCC2c1cnc[nH]1. The highest BCUT2D eigenvalue weighted by Gasteiger charge is 2.25. The Balaban J connectivity index is 1.62. The van der Waals surface area contributed by atoms with Crippen LogP contribution in [0.25, 0.3) is 6.08 Å². The van der Waals surface area contributed by atoms with Crippen molar-refractivity contribution in [1.29, 1.82) is 0 Å². The zero-order chi connectivity index (χ0) is 18.7. The van der Waals surface area contributed by atoms with E-state index in [9.17, 15) is 8.42 Å². The van der Waals surface area contributed by atoms with Gasteiger partial charge in [-0.2, -0.15) is 0 Å². The lowest BCUT2D eigenvalue weighted by Crippen LogP contribution is -2.16. The third-order valence-electron chi connectivity index (χ3n) is 4.89. The predicted molar refractivity (Wildman–Crippen MR) is 108 cm³/mol. The van der Waals surface area contributed by atoms with Crippen molar-refractivity contribution >= 4 is 21.8 Å². The molecule has 4 rings (SSSR count). The molecule has 0 spiro atoms. The molecule has 5 nitrogen and oxygen atoms in total. The van der Waals surface area contributed by atoms with Gasteiger partial charge >= 0.3 is 0 Å². The normalized spacial score (nSPS) is 17.0. The van der Waals surface area contributed by atoms with E-state index in [1.54, 1.807) is 12.4 Å². The second-order valence-electron chi connectivity index (χ2n) is 6.69. The van der Waals surface area contributed by atoms with Crippen molar-refractivity contribution in [2.75, 3.05) is 4.72 Å². The lowest BCUT2D eigenvalue weighted by Gasteiger charge is -2.26. The molecule has 1 atom stereocenters. The molecule has 0 amide bonds. The molecule has 2 aromatic carbocycles. The van der Waals surface area contributed by atoms with Gasteiger partial charge in [-0.25, -0.2) is 13.4 Å². The topological polar surface area (TPSA) is 74.8 Å². The minimum absolute atomic E-state index is 0.223. The molecule has 1 aliphatic rings. The monoisotopic (exact) mass is 379 g/mol. The predicted octanol–water partition coefficient (Wildman–Crippen LogP) is 4.29. The molecule has 0 saturated heterocycles. The van der Waals surface area contributed by atoms with Crippen LogP contribution in [0.1, 0.15) is 41.1 Å². The molecular formula is C21H21N3O2S. The number of hydrogen-bond donors (Lipinski definition) is 2. The third-order valence-corrected chi connectivity index (χ3v) is 5.89. The molecule has 1 heterocycles. The van der Waals surface area contributed by atoms with Gasteiger partial charge in [0.05, 0.1) is 17.4 Å². The number of anilines is 1. The first-order chi connectivity index (χ1) is 13.1. The highest BCUT2D eigenvalue weighted by Crippen LogP contribution is 2.39. The lowest BCUT2D eigenvalue weighted by atomic mass is 9.80. The maximum Gasteiger partial charge on any atom is 0.255 e. The van der Waals surface area contributed by atoms with Gasteiger partial charge in [0.1, 0.15) is 0 Å². The molecule has 3 aromatic rings. The Hall–Kier alpha value is -2.86. The van der Waals surface area contributed by atoms with Crippen LogP contribution >= 0.6 is 0 Å². The number of H-pyrrole nitrogens is 1. The van der Waals surface area contributed by atoms with Crippen LogP contribution in [0.2, 0.25) is 0 Å². The van der Waals surface area contributed by atoms with Crippen molar-refractivity contribution < 1.29 is 8.42 Å². The first-order valence-corrected chi connectivity index (χ1v) is 10.5. The molecule has 1 aromatic heterocycles. The second kappa shape index (κ2) is 7.40. The van der Waals surface area contributed by atoms with Gasteiger partial charge in [0.15, 0.2) is 0 Å². The number of rotatable bonds is 5. The Morgan fingerprint density at radius 3 is 2.74 bits per heavy atom. The summed E-state index contributed by atoms with van der Waals surface area (Å²) in [5, 5.41) is 1.22. The van der Waals surface area contributed by atoms with E-state index in [0.29, 0.717) is 5.69 Å². The van der Waals surface area contributed by atoms with Gasteiger partial charge in [0.2, 0.25) is 0 Å². The minimum Gasteiger partial charge on any atom is -0.348 e. The van der Waals surface area contributed by atoms with E-state index in [4.69, 9.17) is 0 Å². The van der Waals surface area contributed by atoms with Gasteiger partial charge in [-0.3, -0.25) is 4.72 Å². The quantitative estimate of drug-likeness (QED) is 0.694. The van der Waals surface area contributed by atoms with Crippen LogP contribution in [0.3, 0.4) is 0 Å². The standard InChI is InChI=1S/C21H21N3O2S/c25-27(26,13-12-16-6-2-1-3-7-16)24-20-11-5-8-17-18(20)9-4-10-19(17)21-14-22-15-23-21/h1-3,5-8,11-15,19,24H,4,9-10H2,(H,22,23)/b13-12+. The average Bonchev–Trinajstić information content (AvgIpc) is 3.22. The van der Waals surface area contributed by atoms with Crippen molar-refractivity contribution in [2.45, 2.75) is 25.2 Å². The number of fused-ring (bicyclic) bond motifs is 1. The number of aromatic nitrogens is 2. The van der Waals surface area contributed by atoms with Gasteiger partial charge < -0.3 is 4.98 Å². The van der Waals surface area contributed by atoms with Crippen LogP contribution in [-0.2, 0) is 16.4 Å². The lowest BCUT2D eigenvalue weighted by molar-refractivity contribution is 0.604. The Bertz CT molecular complexity index is 1040. The fourth-order valence-electron chi connectivity index (χ4n) is 3.64. The minimum atomic E-state index is -3.59. The summed E-state index contributed by atoms with van der Waals surface area (Å²) >= 11 is 0. The molecular weight excluding hydrogens is 358 g/mol. The van der Waals surface area contributed by atoms with Gasteiger partial charge in [-0.05, 0) is 48.1 Å². The highest BCUT2D eigenvalue weighted by molar-refractivity contribution is 7.95. The number of sulfonamides is 1. The van der Waals surface area contributed by atoms with Crippen molar-refractivity contribution in [2.24, 2.45) is 0 Å². The maximum absolute atomic E-state index is 12.6. The van der Waals surface area contributed by atoms with Crippen LogP contribution < -0.4 is 4.72 Å². The molecule has 27 heavy (non-hydrogen) atoms. The van der Waals surface area contributed by atoms with Crippen LogP contribution in [0.15, 0.2) is 66.5 Å². The summed E-state index contributed by atoms with van der Waals surface area (Å²) < 4.78 is 27.9. The number of nitrogens with zero attached hydrogens (tertiary/aromatic N) is 1. The largest absolute Gasteiger partial charge is 0.348 e. The highest BCUT2D eigenvalue weighted by atomic mass is 32.2. The maximum atomic E-state index is 12.6. The molecule has 0 bridgehead atoms. The fraction of sp³-hybridized carbons (Fsp3) is 0.190. The van der Waals surface area contributed by atoms with Crippen LogP contribution in [0, 0.1) is 0 Å². The van der Waals surface area contributed by atoms with E-state index in [0.717, 1.165) is 41.6 Å². The summed E-state index contributed by atoms with van der Waals surface area (Å²) in [6, 6.07) is 15.2. The van der Waals surface area contributed by atoms with Crippen molar-refractivity contribution in [3.8, 4) is 0 Å². The Morgan fingerprint density at radius 2 is 1.96 bits per heavy atom. The van der Waals surface area contributed by atoms with Crippen LogP contribution in [0.5, 0.6) is 0 Å². The Morgan fingerprint density at radius 1 is 1.11 bits per heavy atom. The van der Waals surface area contributed by atoms with Gasteiger partial charge in [-0.15, -0.1) is 0 Å². The molecule has 0 fully saturated rings. The van der Waals surface area contributed by atoms with Crippen LogP contribution in [0.4, 0.5) is 5.69 Å². The van der Waals surface area contributed by atoms with E-state index in [2.05, 4.69) is 20.8 Å². The van der Waals surface area contributed by atoms with Crippen molar-refractivity contribution in [3.05, 3.63) is 88.8 Å². The number of hydrogen-bond acceptors (Lipinski definition) is 3. The first-order valence-electron chi connectivity index (χ1n) is 8.98. The van der Waals surface area contributed by atoms with Gasteiger partial charge in [0, 0.05) is 17.8 Å². The molecule has 1 unspecified atom stereocenters. The summed E-state index contributed by atoms with van der Waals surface area (Å²) in [6.45, 7) is 0. The van der Waals surface area contributed by atoms with E-state index >= 15 is 0 Å². The Kier molecular flexibility index (Phi) is 4.81. The molecule has 6 heteroatoms.